The van der Waals surface area contributed by atoms with Crippen molar-refractivity contribution in [3.05, 3.63) is 53.4 Å². The third-order valence-electron chi connectivity index (χ3n) is 5.98. The number of nitrogens with one attached hydrogen (secondary N) is 1. The molecule has 0 spiro atoms. The summed E-state index contributed by atoms with van der Waals surface area (Å²) >= 11 is 6.49. The molecule has 29 heavy (non-hydrogen) atoms. The van der Waals surface area contributed by atoms with E-state index in [4.69, 9.17) is 11.6 Å². The van der Waals surface area contributed by atoms with Gasteiger partial charge in [-0.2, -0.15) is 0 Å². The Morgan fingerprint density at radius 1 is 1.17 bits per heavy atom. The Labute approximate surface area is 177 Å². The molecule has 154 valence electrons. The standard InChI is InChI=1S/C22H28ClN5O/c23-19-8-2-1-7-18(19)20(27-11-3-4-12-27)14-26-22(29)17-6-5-13-28(16-17)21-15-24-9-10-25-21/h1-2,7-10,15,17,20H,3-6,11-14,16H2,(H,26,29)/t17-,20-/m1/s1. The summed E-state index contributed by atoms with van der Waals surface area (Å²) in [7, 11) is 0. The maximum absolute atomic E-state index is 13.0. The Morgan fingerprint density at radius 3 is 2.76 bits per heavy atom. The first-order valence-electron chi connectivity index (χ1n) is 10.5. The molecule has 2 saturated heterocycles. The molecule has 0 aliphatic carbocycles. The van der Waals surface area contributed by atoms with Crippen molar-refractivity contribution in [1.29, 1.82) is 0 Å². The van der Waals surface area contributed by atoms with E-state index in [2.05, 4.69) is 31.2 Å². The average molecular weight is 414 g/mol. The summed E-state index contributed by atoms with van der Waals surface area (Å²) in [5.41, 5.74) is 1.10. The van der Waals surface area contributed by atoms with E-state index < -0.39 is 0 Å². The molecule has 0 radical (unpaired) electrons. The highest BCUT2D eigenvalue weighted by Crippen LogP contribution is 2.30. The van der Waals surface area contributed by atoms with Gasteiger partial charge in [0, 0.05) is 37.1 Å². The fraction of sp³-hybridized carbons (Fsp3) is 0.500. The molecule has 2 aliphatic heterocycles. The highest BCUT2D eigenvalue weighted by molar-refractivity contribution is 6.31. The van der Waals surface area contributed by atoms with E-state index in [9.17, 15) is 4.79 Å². The third kappa shape index (κ3) is 4.87. The molecule has 2 fully saturated rings. The Hall–Kier alpha value is -2.18. The fourth-order valence-electron chi connectivity index (χ4n) is 4.43. The minimum Gasteiger partial charge on any atom is -0.355 e. The zero-order chi connectivity index (χ0) is 20.1. The van der Waals surface area contributed by atoms with Gasteiger partial charge in [0.2, 0.25) is 5.91 Å². The zero-order valence-electron chi connectivity index (χ0n) is 16.6. The van der Waals surface area contributed by atoms with E-state index in [1.54, 1.807) is 18.6 Å². The lowest BCUT2D eigenvalue weighted by molar-refractivity contribution is -0.125. The van der Waals surface area contributed by atoms with Gasteiger partial charge < -0.3 is 10.2 Å². The topological polar surface area (TPSA) is 61.4 Å². The highest BCUT2D eigenvalue weighted by Gasteiger charge is 2.29. The Kier molecular flexibility index (Phi) is 6.62. The molecule has 0 saturated carbocycles. The molecule has 2 aliphatic rings. The Balaban J connectivity index is 1.40. The molecule has 2 aromatic rings. The smallest absolute Gasteiger partial charge is 0.224 e. The van der Waals surface area contributed by atoms with E-state index >= 15 is 0 Å². The van der Waals surface area contributed by atoms with E-state index in [1.165, 1.54) is 12.8 Å². The fourth-order valence-corrected chi connectivity index (χ4v) is 4.69. The van der Waals surface area contributed by atoms with Crippen molar-refractivity contribution in [2.75, 3.05) is 37.6 Å². The lowest BCUT2D eigenvalue weighted by Gasteiger charge is -2.33. The minimum atomic E-state index is -0.0313. The molecule has 7 heteroatoms. The molecule has 0 unspecified atom stereocenters. The number of hydrogen-bond donors (Lipinski definition) is 1. The van der Waals surface area contributed by atoms with Crippen LogP contribution >= 0.6 is 11.6 Å². The summed E-state index contributed by atoms with van der Waals surface area (Å²) in [6.45, 7) is 4.29. The van der Waals surface area contributed by atoms with Crippen LogP contribution in [0, 0.1) is 5.92 Å². The normalized spacial score (nSPS) is 21.1. The number of hydrogen-bond acceptors (Lipinski definition) is 5. The lowest BCUT2D eigenvalue weighted by Crippen LogP contribution is -2.45. The number of amides is 1. The summed E-state index contributed by atoms with van der Waals surface area (Å²) in [5, 5.41) is 3.99. The van der Waals surface area contributed by atoms with Gasteiger partial charge in [-0.25, -0.2) is 4.98 Å². The van der Waals surface area contributed by atoms with E-state index in [0.717, 1.165) is 48.9 Å². The van der Waals surface area contributed by atoms with Crippen LogP contribution in [-0.2, 0) is 4.79 Å². The van der Waals surface area contributed by atoms with Gasteiger partial charge in [0.25, 0.3) is 0 Å². The van der Waals surface area contributed by atoms with Gasteiger partial charge in [0.15, 0.2) is 0 Å². The van der Waals surface area contributed by atoms with Crippen LogP contribution in [0.1, 0.15) is 37.3 Å². The first-order chi connectivity index (χ1) is 14.2. The molecular weight excluding hydrogens is 386 g/mol. The lowest BCUT2D eigenvalue weighted by atomic mass is 9.96. The average Bonchev–Trinajstić information content (AvgIpc) is 3.30. The quantitative estimate of drug-likeness (QED) is 0.787. The predicted octanol–water partition coefficient (Wildman–Crippen LogP) is 3.30. The van der Waals surface area contributed by atoms with Crippen LogP contribution in [-0.4, -0.2) is 53.5 Å². The van der Waals surface area contributed by atoms with Crippen molar-refractivity contribution < 1.29 is 4.79 Å². The molecule has 4 rings (SSSR count). The van der Waals surface area contributed by atoms with Gasteiger partial charge in [-0.05, 0) is 50.4 Å². The number of rotatable bonds is 6. The summed E-state index contributed by atoms with van der Waals surface area (Å²) in [6.07, 6.45) is 9.42. The molecule has 1 aromatic heterocycles. The van der Waals surface area contributed by atoms with Gasteiger partial charge in [0.1, 0.15) is 5.82 Å². The van der Waals surface area contributed by atoms with Gasteiger partial charge in [-0.15, -0.1) is 0 Å². The molecule has 6 nitrogen and oxygen atoms in total. The van der Waals surface area contributed by atoms with Crippen LogP contribution in [0.2, 0.25) is 5.02 Å². The van der Waals surface area contributed by atoms with Gasteiger partial charge in [-0.3, -0.25) is 14.7 Å². The van der Waals surface area contributed by atoms with Crippen LogP contribution < -0.4 is 10.2 Å². The Morgan fingerprint density at radius 2 is 2.00 bits per heavy atom. The zero-order valence-corrected chi connectivity index (χ0v) is 17.4. The van der Waals surface area contributed by atoms with Gasteiger partial charge in [-0.1, -0.05) is 29.8 Å². The second kappa shape index (κ2) is 9.55. The minimum absolute atomic E-state index is 0.0313. The Bertz CT molecular complexity index is 812. The summed E-state index contributed by atoms with van der Waals surface area (Å²) in [4.78, 5) is 26.1. The van der Waals surface area contributed by atoms with Crippen molar-refractivity contribution in [3.63, 3.8) is 0 Å². The van der Waals surface area contributed by atoms with E-state index in [-0.39, 0.29) is 17.9 Å². The SMILES string of the molecule is O=C(NC[C@H](c1ccccc1Cl)N1CCCC1)[C@@H]1CCCN(c2cnccn2)C1. The first-order valence-corrected chi connectivity index (χ1v) is 10.9. The predicted molar refractivity (Wildman–Crippen MR) is 115 cm³/mol. The molecule has 1 aromatic carbocycles. The monoisotopic (exact) mass is 413 g/mol. The second-order valence-corrected chi connectivity index (χ2v) is 8.28. The van der Waals surface area contributed by atoms with Crippen LogP contribution in [0.5, 0.6) is 0 Å². The van der Waals surface area contributed by atoms with Gasteiger partial charge in [0.05, 0.1) is 18.2 Å². The molecular formula is C22H28ClN5O. The highest BCUT2D eigenvalue weighted by atomic mass is 35.5. The van der Waals surface area contributed by atoms with Crippen molar-refractivity contribution >= 4 is 23.3 Å². The number of carbonyl (C=O) groups excluding carboxylic acids is 1. The van der Waals surface area contributed by atoms with Gasteiger partial charge >= 0.3 is 0 Å². The number of likely N-dealkylation sites (tertiary alicyclic amines) is 1. The van der Waals surface area contributed by atoms with Crippen molar-refractivity contribution in [2.45, 2.75) is 31.7 Å². The summed E-state index contributed by atoms with van der Waals surface area (Å²) in [5.74, 6) is 0.932. The van der Waals surface area contributed by atoms with Crippen molar-refractivity contribution in [1.82, 2.24) is 20.2 Å². The van der Waals surface area contributed by atoms with Crippen LogP contribution in [0.25, 0.3) is 0 Å². The number of anilines is 1. The molecule has 1 amide bonds. The van der Waals surface area contributed by atoms with E-state index in [1.807, 2.05) is 18.2 Å². The molecule has 1 N–H and O–H groups in total. The number of halogens is 1. The maximum atomic E-state index is 13.0. The molecule has 2 atom stereocenters. The molecule has 3 heterocycles. The third-order valence-corrected chi connectivity index (χ3v) is 6.33. The second-order valence-electron chi connectivity index (χ2n) is 7.87. The number of benzene rings is 1. The molecule has 0 bridgehead atoms. The van der Waals surface area contributed by atoms with Crippen molar-refractivity contribution in [3.8, 4) is 0 Å². The number of piperidine rings is 1. The van der Waals surface area contributed by atoms with Crippen LogP contribution in [0.15, 0.2) is 42.9 Å². The number of aromatic nitrogens is 2. The summed E-state index contributed by atoms with van der Waals surface area (Å²) in [6, 6.07) is 8.10. The first kappa shape index (κ1) is 20.1. The number of nitrogens with zero attached hydrogens (tertiary/aromatic N) is 4. The van der Waals surface area contributed by atoms with Crippen LogP contribution in [0.3, 0.4) is 0 Å². The number of carbonyl (C=O) groups is 1. The maximum Gasteiger partial charge on any atom is 0.224 e. The summed E-state index contributed by atoms with van der Waals surface area (Å²) < 4.78 is 0. The largest absolute Gasteiger partial charge is 0.355 e. The van der Waals surface area contributed by atoms with Crippen LogP contribution in [0.4, 0.5) is 5.82 Å². The van der Waals surface area contributed by atoms with E-state index in [0.29, 0.717) is 13.1 Å². The van der Waals surface area contributed by atoms with Crippen molar-refractivity contribution in [2.24, 2.45) is 5.92 Å².